The first-order valence-electron chi connectivity index (χ1n) is 5.47. The predicted molar refractivity (Wildman–Crippen MR) is 59.5 cm³/mol. The Balaban J connectivity index is 0.000000791. The zero-order valence-electron chi connectivity index (χ0n) is 9.84. The molecule has 0 aliphatic carbocycles. The Morgan fingerprint density at radius 3 is 2.07 bits per heavy atom. The Morgan fingerprint density at radius 1 is 1.21 bits per heavy atom. The van der Waals surface area contributed by atoms with Gasteiger partial charge in [0.05, 0.1) is 0 Å². The van der Waals surface area contributed by atoms with Crippen molar-refractivity contribution in [1.29, 1.82) is 0 Å². The van der Waals surface area contributed by atoms with E-state index in [1.165, 1.54) is 0 Å². The molecule has 0 bridgehead atoms. The SMILES string of the molecule is CC.CCN1CCN(C(=O)NC)CC1. The third-order valence-electron chi connectivity index (χ3n) is 2.32. The Hall–Kier alpha value is -0.770. The van der Waals surface area contributed by atoms with Crippen molar-refractivity contribution in [2.45, 2.75) is 20.8 Å². The summed E-state index contributed by atoms with van der Waals surface area (Å²) >= 11 is 0. The molecule has 4 nitrogen and oxygen atoms in total. The lowest BCUT2D eigenvalue weighted by atomic mass is 10.3. The van der Waals surface area contributed by atoms with Gasteiger partial charge in [-0.15, -0.1) is 0 Å². The second-order valence-corrected chi connectivity index (χ2v) is 2.98. The van der Waals surface area contributed by atoms with Crippen LogP contribution in [-0.2, 0) is 0 Å². The fourth-order valence-corrected chi connectivity index (χ4v) is 1.43. The highest BCUT2D eigenvalue weighted by Crippen LogP contribution is 2.00. The maximum atomic E-state index is 11.2. The third kappa shape index (κ3) is 3.96. The van der Waals surface area contributed by atoms with Crippen LogP contribution in [0.15, 0.2) is 0 Å². The van der Waals surface area contributed by atoms with E-state index in [1.807, 2.05) is 18.7 Å². The van der Waals surface area contributed by atoms with Gasteiger partial charge >= 0.3 is 6.03 Å². The van der Waals surface area contributed by atoms with Gasteiger partial charge in [0.15, 0.2) is 0 Å². The lowest BCUT2D eigenvalue weighted by Gasteiger charge is -2.33. The van der Waals surface area contributed by atoms with Crippen molar-refractivity contribution in [2.24, 2.45) is 0 Å². The predicted octanol–water partition coefficient (Wildman–Crippen LogP) is 0.990. The molecule has 1 heterocycles. The number of hydrogen-bond donors (Lipinski definition) is 1. The lowest BCUT2D eigenvalue weighted by Crippen LogP contribution is -2.50. The highest BCUT2D eigenvalue weighted by molar-refractivity contribution is 5.73. The first kappa shape index (κ1) is 13.2. The average Bonchev–Trinajstić information content (AvgIpc) is 2.31. The zero-order chi connectivity index (χ0) is 11.0. The maximum Gasteiger partial charge on any atom is 0.317 e. The van der Waals surface area contributed by atoms with Gasteiger partial charge in [-0.25, -0.2) is 4.79 Å². The standard InChI is InChI=1S/C8H17N3O.C2H6/c1-3-10-4-6-11(7-5-10)8(12)9-2;1-2/h3-7H2,1-2H3,(H,9,12);1-2H3. The van der Waals surface area contributed by atoms with Crippen LogP contribution in [0.25, 0.3) is 0 Å². The van der Waals surface area contributed by atoms with Crippen molar-refractivity contribution < 1.29 is 4.79 Å². The van der Waals surface area contributed by atoms with Gasteiger partial charge in [0.1, 0.15) is 0 Å². The molecule has 0 spiro atoms. The number of piperazine rings is 1. The molecule has 1 aliphatic rings. The minimum atomic E-state index is 0.0470. The summed E-state index contributed by atoms with van der Waals surface area (Å²) in [6.07, 6.45) is 0. The second-order valence-electron chi connectivity index (χ2n) is 2.98. The van der Waals surface area contributed by atoms with Crippen molar-refractivity contribution in [2.75, 3.05) is 39.8 Å². The smallest absolute Gasteiger partial charge is 0.317 e. The summed E-state index contributed by atoms with van der Waals surface area (Å²) in [6.45, 7) is 11.0. The number of likely N-dealkylation sites (N-methyl/N-ethyl adjacent to an activating group) is 1. The van der Waals surface area contributed by atoms with Crippen molar-refractivity contribution >= 4 is 6.03 Å². The number of hydrogen-bond acceptors (Lipinski definition) is 2. The van der Waals surface area contributed by atoms with E-state index in [0.717, 1.165) is 32.7 Å². The van der Waals surface area contributed by atoms with E-state index < -0.39 is 0 Å². The monoisotopic (exact) mass is 201 g/mol. The molecule has 0 unspecified atom stereocenters. The number of urea groups is 1. The summed E-state index contributed by atoms with van der Waals surface area (Å²) in [6, 6.07) is 0.0470. The molecular formula is C10H23N3O. The van der Waals surface area contributed by atoms with Crippen LogP contribution in [-0.4, -0.2) is 55.6 Å². The molecule has 0 saturated carbocycles. The van der Waals surface area contributed by atoms with E-state index in [0.29, 0.717) is 0 Å². The Bertz CT molecular complexity index is 153. The molecule has 1 fully saturated rings. The topological polar surface area (TPSA) is 35.6 Å². The molecule has 1 saturated heterocycles. The fraction of sp³-hybridized carbons (Fsp3) is 0.900. The molecule has 2 amide bonds. The van der Waals surface area contributed by atoms with Crippen LogP contribution < -0.4 is 5.32 Å². The number of carbonyl (C=O) groups excluding carboxylic acids is 1. The Morgan fingerprint density at radius 2 is 1.71 bits per heavy atom. The molecule has 14 heavy (non-hydrogen) atoms. The largest absolute Gasteiger partial charge is 0.341 e. The number of amides is 2. The van der Waals surface area contributed by atoms with E-state index in [-0.39, 0.29) is 6.03 Å². The van der Waals surface area contributed by atoms with Crippen LogP contribution in [0.1, 0.15) is 20.8 Å². The van der Waals surface area contributed by atoms with Crippen LogP contribution >= 0.6 is 0 Å². The summed E-state index contributed by atoms with van der Waals surface area (Å²) in [5.41, 5.74) is 0. The maximum absolute atomic E-state index is 11.2. The van der Waals surface area contributed by atoms with Crippen LogP contribution in [0, 0.1) is 0 Å². The molecule has 0 atom stereocenters. The van der Waals surface area contributed by atoms with Crippen LogP contribution in [0.5, 0.6) is 0 Å². The van der Waals surface area contributed by atoms with Gasteiger partial charge in [-0.1, -0.05) is 20.8 Å². The number of carbonyl (C=O) groups is 1. The van der Waals surface area contributed by atoms with Gasteiger partial charge in [-0.05, 0) is 6.54 Å². The minimum Gasteiger partial charge on any atom is -0.341 e. The molecule has 1 N–H and O–H groups in total. The average molecular weight is 201 g/mol. The van der Waals surface area contributed by atoms with E-state index in [9.17, 15) is 4.79 Å². The normalized spacial score (nSPS) is 17.0. The van der Waals surface area contributed by atoms with Crippen molar-refractivity contribution in [3.05, 3.63) is 0 Å². The Kier molecular flexibility index (Phi) is 7.20. The first-order valence-corrected chi connectivity index (χ1v) is 5.47. The summed E-state index contributed by atoms with van der Waals surface area (Å²) in [5, 5.41) is 2.64. The number of nitrogens with zero attached hydrogens (tertiary/aromatic N) is 2. The van der Waals surface area contributed by atoms with E-state index in [1.54, 1.807) is 7.05 Å². The van der Waals surface area contributed by atoms with Gasteiger partial charge in [-0.2, -0.15) is 0 Å². The second kappa shape index (κ2) is 7.62. The molecule has 1 rings (SSSR count). The molecule has 1 aliphatic heterocycles. The van der Waals surface area contributed by atoms with Gasteiger partial charge in [0.25, 0.3) is 0 Å². The van der Waals surface area contributed by atoms with Gasteiger partial charge < -0.3 is 15.1 Å². The summed E-state index contributed by atoms with van der Waals surface area (Å²) in [5.74, 6) is 0. The van der Waals surface area contributed by atoms with Gasteiger partial charge in [-0.3, -0.25) is 0 Å². The van der Waals surface area contributed by atoms with Crippen molar-refractivity contribution in [3.8, 4) is 0 Å². The van der Waals surface area contributed by atoms with Crippen molar-refractivity contribution in [1.82, 2.24) is 15.1 Å². The van der Waals surface area contributed by atoms with Crippen LogP contribution in [0.4, 0.5) is 4.79 Å². The van der Waals surface area contributed by atoms with Crippen LogP contribution in [0.2, 0.25) is 0 Å². The summed E-state index contributed by atoms with van der Waals surface area (Å²) in [7, 11) is 1.68. The molecular weight excluding hydrogens is 178 g/mol. The molecule has 4 heteroatoms. The Labute approximate surface area is 87.3 Å². The van der Waals surface area contributed by atoms with E-state index in [4.69, 9.17) is 0 Å². The molecule has 0 aromatic rings. The third-order valence-corrected chi connectivity index (χ3v) is 2.32. The highest BCUT2D eigenvalue weighted by atomic mass is 16.2. The molecule has 0 aromatic carbocycles. The summed E-state index contributed by atoms with van der Waals surface area (Å²) in [4.78, 5) is 15.4. The quantitative estimate of drug-likeness (QED) is 0.686. The summed E-state index contributed by atoms with van der Waals surface area (Å²) < 4.78 is 0. The molecule has 0 aromatic heterocycles. The van der Waals surface area contributed by atoms with Crippen molar-refractivity contribution in [3.63, 3.8) is 0 Å². The van der Waals surface area contributed by atoms with Gasteiger partial charge in [0, 0.05) is 33.2 Å². The molecule has 0 radical (unpaired) electrons. The highest BCUT2D eigenvalue weighted by Gasteiger charge is 2.18. The zero-order valence-corrected chi connectivity index (χ0v) is 9.84. The fourth-order valence-electron chi connectivity index (χ4n) is 1.43. The van der Waals surface area contributed by atoms with E-state index >= 15 is 0 Å². The first-order chi connectivity index (χ1) is 6.77. The number of rotatable bonds is 1. The van der Waals surface area contributed by atoms with Gasteiger partial charge in [0.2, 0.25) is 0 Å². The minimum absolute atomic E-state index is 0.0470. The number of nitrogens with one attached hydrogen (secondary N) is 1. The van der Waals surface area contributed by atoms with Crippen LogP contribution in [0.3, 0.4) is 0 Å². The molecule has 84 valence electrons. The van der Waals surface area contributed by atoms with E-state index in [2.05, 4.69) is 17.1 Å². The lowest BCUT2D eigenvalue weighted by molar-refractivity contribution is 0.144.